The normalized spacial score (nSPS) is 15.9. The van der Waals surface area contributed by atoms with Gasteiger partial charge in [-0.25, -0.2) is 9.37 Å². The van der Waals surface area contributed by atoms with Crippen molar-refractivity contribution in [1.82, 2.24) is 9.88 Å². The summed E-state index contributed by atoms with van der Waals surface area (Å²) in [6.07, 6.45) is 4.45. The molecule has 1 aromatic carbocycles. The molecule has 1 fully saturated rings. The molecular formula is C22H30FN3Si. The maximum atomic E-state index is 13.4. The Bertz CT molecular complexity index is 775. The summed E-state index contributed by atoms with van der Waals surface area (Å²) in [7, 11) is -1.49. The summed E-state index contributed by atoms with van der Waals surface area (Å²) in [6.45, 7) is 11.3. The molecule has 0 radical (unpaired) electrons. The second kappa shape index (κ2) is 8.80. The highest BCUT2D eigenvalue weighted by molar-refractivity contribution is 6.81. The van der Waals surface area contributed by atoms with Crippen LogP contribution in [0.1, 0.15) is 24.0 Å². The fourth-order valence-corrected chi connectivity index (χ4v) is 4.67. The van der Waals surface area contributed by atoms with Crippen molar-refractivity contribution in [2.45, 2.75) is 32.5 Å². The molecule has 5 heteroatoms. The second-order valence-electron chi connectivity index (χ2n) is 8.31. The van der Waals surface area contributed by atoms with Gasteiger partial charge in [0.25, 0.3) is 0 Å². The monoisotopic (exact) mass is 383 g/mol. The van der Waals surface area contributed by atoms with Gasteiger partial charge in [0.2, 0.25) is 0 Å². The molecule has 27 heavy (non-hydrogen) atoms. The average molecular weight is 384 g/mol. The number of nitrogens with zero attached hydrogens (tertiary/aromatic N) is 2. The summed E-state index contributed by atoms with van der Waals surface area (Å²) >= 11 is 0. The zero-order chi connectivity index (χ0) is 19.3. The zero-order valence-corrected chi connectivity index (χ0v) is 17.6. The molecule has 1 aliphatic rings. The van der Waals surface area contributed by atoms with E-state index in [0.717, 1.165) is 35.6 Å². The van der Waals surface area contributed by atoms with Crippen LogP contribution in [0.15, 0.2) is 48.3 Å². The van der Waals surface area contributed by atoms with Crippen LogP contribution < -0.4 is 5.32 Å². The molecule has 144 valence electrons. The van der Waals surface area contributed by atoms with E-state index in [1.807, 2.05) is 24.4 Å². The molecule has 2 heterocycles. The van der Waals surface area contributed by atoms with Crippen molar-refractivity contribution >= 4 is 19.5 Å². The van der Waals surface area contributed by atoms with Crippen molar-refractivity contribution in [1.29, 1.82) is 0 Å². The SMILES string of the molecule is C[Si](C)(C)/C=C(\c1ccc(F)cc1)c1cccnc1NCCN1CCCC1. The third-order valence-electron chi connectivity index (χ3n) is 4.75. The van der Waals surface area contributed by atoms with Gasteiger partial charge in [-0.3, -0.25) is 0 Å². The maximum absolute atomic E-state index is 13.4. The van der Waals surface area contributed by atoms with Crippen molar-refractivity contribution < 1.29 is 4.39 Å². The number of aromatic nitrogens is 1. The first-order valence-electron chi connectivity index (χ1n) is 9.83. The quantitative estimate of drug-likeness (QED) is 0.679. The van der Waals surface area contributed by atoms with Gasteiger partial charge in [0.1, 0.15) is 11.6 Å². The summed E-state index contributed by atoms with van der Waals surface area (Å²) in [4.78, 5) is 7.10. The van der Waals surface area contributed by atoms with Gasteiger partial charge in [-0.05, 0) is 61.3 Å². The first kappa shape index (κ1) is 19.8. The molecule has 0 saturated carbocycles. The van der Waals surface area contributed by atoms with Gasteiger partial charge in [-0.1, -0.05) is 37.5 Å². The molecule has 0 bridgehead atoms. The predicted octanol–water partition coefficient (Wildman–Crippen LogP) is 5.04. The highest BCUT2D eigenvalue weighted by Crippen LogP contribution is 2.30. The summed E-state index contributed by atoms with van der Waals surface area (Å²) in [5.41, 5.74) is 5.65. The minimum atomic E-state index is -1.49. The van der Waals surface area contributed by atoms with E-state index in [1.165, 1.54) is 38.1 Å². The van der Waals surface area contributed by atoms with Crippen molar-refractivity contribution in [3.05, 3.63) is 65.2 Å². The Morgan fingerprint density at radius 1 is 1.15 bits per heavy atom. The molecule has 0 spiro atoms. The minimum absolute atomic E-state index is 0.207. The Labute approximate surface area is 163 Å². The van der Waals surface area contributed by atoms with Crippen molar-refractivity contribution in [3.8, 4) is 0 Å². The minimum Gasteiger partial charge on any atom is -0.368 e. The molecule has 0 amide bonds. The van der Waals surface area contributed by atoms with Crippen LogP contribution in [-0.4, -0.2) is 44.1 Å². The maximum Gasteiger partial charge on any atom is 0.133 e. The highest BCUT2D eigenvalue weighted by Gasteiger charge is 2.17. The van der Waals surface area contributed by atoms with E-state index in [9.17, 15) is 4.39 Å². The average Bonchev–Trinajstić information content (AvgIpc) is 3.14. The Kier molecular flexibility index (Phi) is 6.45. The molecule has 1 aromatic heterocycles. The summed E-state index contributed by atoms with van der Waals surface area (Å²) in [6, 6.07) is 10.9. The van der Waals surface area contributed by atoms with Gasteiger partial charge >= 0.3 is 0 Å². The van der Waals surface area contributed by atoms with E-state index in [-0.39, 0.29) is 5.82 Å². The fourth-order valence-electron chi connectivity index (χ4n) is 3.48. The topological polar surface area (TPSA) is 28.2 Å². The Morgan fingerprint density at radius 2 is 1.85 bits per heavy atom. The molecule has 3 rings (SSSR count). The van der Waals surface area contributed by atoms with E-state index in [1.54, 1.807) is 0 Å². The molecule has 1 saturated heterocycles. The number of anilines is 1. The van der Waals surface area contributed by atoms with E-state index in [2.05, 4.69) is 46.6 Å². The summed E-state index contributed by atoms with van der Waals surface area (Å²) in [5, 5.41) is 3.54. The molecule has 0 unspecified atom stereocenters. The van der Waals surface area contributed by atoms with Gasteiger partial charge in [-0.2, -0.15) is 0 Å². The van der Waals surface area contributed by atoms with E-state index in [0.29, 0.717) is 0 Å². The lowest BCUT2D eigenvalue weighted by Crippen LogP contribution is -2.26. The first-order valence-corrected chi connectivity index (χ1v) is 13.4. The van der Waals surface area contributed by atoms with Crippen LogP contribution in [0.5, 0.6) is 0 Å². The smallest absolute Gasteiger partial charge is 0.133 e. The van der Waals surface area contributed by atoms with Crippen LogP contribution in [0.25, 0.3) is 5.57 Å². The number of likely N-dealkylation sites (tertiary alicyclic amines) is 1. The third kappa shape index (κ3) is 5.74. The Hall–Kier alpha value is -1.98. The largest absolute Gasteiger partial charge is 0.368 e. The van der Waals surface area contributed by atoms with E-state index in [4.69, 9.17) is 0 Å². The lowest BCUT2D eigenvalue weighted by molar-refractivity contribution is 0.352. The molecule has 3 nitrogen and oxygen atoms in total. The number of pyridine rings is 1. The van der Waals surface area contributed by atoms with E-state index < -0.39 is 8.07 Å². The standard InChI is InChI=1S/C22H30FN3Si/c1-27(2,3)17-21(18-8-10-19(23)11-9-18)20-7-6-12-24-22(20)25-13-16-26-14-4-5-15-26/h6-12,17H,4-5,13-16H2,1-3H3,(H,24,25)/b21-17+. The van der Waals surface area contributed by atoms with Gasteiger partial charge in [0, 0.05) is 24.8 Å². The number of benzene rings is 1. The second-order valence-corrected chi connectivity index (χ2v) is 13.3. The van der Waals surface area contributed by atoms with Crippen molar-refractivity contribution in [2.24, 2.45) is 0 Å². The van der Waals surface area contributed by atoms with Gasteiger partial charge in [-0.15, -0.1) is 0 Å². The fraction of sp³-hybridized carbons (Fsp3) is 0.409. The number of rotatable bonds is 7. The molecule has 2 aromatic rings. The first-order chi connectivity index (χ1) is 12.9. The van der Waals surface area contributed by atoms with Crippen LogP contribution in [0.2, 0.25) is 19.6 Å². The van der Waals surface area contributed by atoms with Gasteiger partial charge in [0.05, 0.1) is 8.07 Å². The summed E-state index contributed by atoms with van der Waals surface area (Å²) < 4.78 is 13.4. The number of halogens is 1. The number of nitrogens with one attached hydrogen (secondary N) is 1. The molecular weight excluding hydrogens is 353 g/mol. The van der Waals surface area contributed by atoms with Crippen molar-refractivity contribution in [3.63, 3.8) is 0 Å². The van der Waals surface area contributed by atoms with Crippen LogP contribution in [0.4, 0.5) is 10.2 Å². The van der Waals surface area contributed by atoms with E-state index >= 15 is 0 Å². The molecule has 0 atom stereocenters. The van der Waals surface area contributed by atoms with Gasteiger partial charge < -0.3 is 10.2 Å². The predicted molar refractivity (Wildman–Crippen MR) is 115 cm³/mol. The van der Waals surface area contributed by atoms with Crippen LogP contribution in [0.3, 0.4) is 0 Å². The van der Waals surface area contributed by atoms with Gasteiger partial charge in [0.15, 0.2) is 0 Å². The van der Waals surface area contributed by atoms with Crippen LogP contribution in [-0.2, 0) is 0 Å². The highest BCUT2D eigenvalue weighted by atomic mass is 28.3. The molecule has 1 N–H and O–H groups in total. The lowest BCUT2D eigenvalue weighted by Gasteiger charge is -2.20. The van der Waals surface area contributed by atoms with Crippen LogP contribution in [0, 0.1) is 5.82 Å². The third-order valence-corrected chi connectivity index (χ3v) is 5.90. The summed E-state index contributed by atoms with van der Waals surface area (Å²) in [5.74, 6) is 0.701. The Balaban J connectivity index is 1.87. The van der Waals surface area contributed by atoms with Crippen molar-refractivity contribution in [2.75, 3.05) is 31.5 Å². The number of hydrogen-bond donors (Lipinski definition) is 1. The zero-order valence-electron chi connectivity index (χ0n) is 16.6. The number of hydrogen-bond acceptors (Lipinski definition) is 3. The molecule has 1 aliphatic heterocycles. The molecule has 0 aliphatic carbocycles. The Morgan fingerprint density at radius 3 is 2.52 bits per heavy atom. The van der Waals surface area contributed by atoms with Crippen LogP contribution >= 0.6 is 0 Å². The lowest BCUT2D eigenvalue weighted by atomic mass is 10.00.